The molecule has 1 saturated carbocycles. The first-order chi connectivity index (χ1) is 23.3. The number of likely N-dealkylation sites (tertiary alicyclic amines) is 1. The number of anilines is 2. The van der Waals surface area contributed by atoms with E-state index in [9.17, 15) is 19.2 Å². The first kappa shape index (κ1) is 39.4. The Balaban J connectivity index is 1.66. The third kappa shape index (κ3) is 9.48. The summed E-state index contributed by atoms with van der Waals surface area (Å²) in [4.78, 5) is 60.7. The molecule has 2 fully saturated rings. The zero-order valence-electron chi connectivity index (χ0n) is 32.1. The van der Waals surface area contributed by atoms with Crippen LogP contribution in [0.1, 0.15) is 94.4 Å². The second kappa shape index (κ2) is 15.5. The lowest BCUT2D eigenvalue weighted by Crippen LogP contribution is -2.57. The lowest BCUT2D eigenvalue weighted by atomic mass is 9.85. The normalized spacial score (nSPS) is 21.3. The van der Waals surface area contributed by atoms with Crippen LogP contribution in [-0.2, 0) is 28.6 Å². The largest absolute Gasteiger partial charge is 0.476 e. The molecule has 2 heterocycles. The van der Waals surface area contributed by atoms with Gasteiger partial charge in [0, 0.05) is 52.2 Å². The van der Waals surface area contributed by atoms with Crippen LogP contribution in [-0.4, -0.2) is 98.1 Å². The summed E-state index contributed by atoms with van der Waals surface area (Å²) in [6.45, 7) is 18.2. The molecule has 1 aromatic carbocycles. The SMILES string of the molecule is COCCCN1C(=O)C(C)(C)Oc2ccc(N(C(=O)[C@@H]3C[C@H](C(=O)N[C@H](CC(C)C)C(C)(C)OC)CN(C(=O)OC(C)(C)C)C3)C3CC3)cc21. The highest BCUT2D eigenvalue weighted by molar-refractivity contribution is 6.04. The van der Waals surface area contributed by atoms with E-state index in [0.29, 0.717) is 49.0 Å². The third-order valence-corrected chi connectivity index (χ3v) is 9.73. The standard InChI is InChI=1S/C38H60N4O8/c1-24(2)19-31(37(6,7)48-11)39-32(43)25-20-26(23-40(22-25)35(46)50-36(3,4)5)33(44)42(27-13-14-27)28-15-16-30-29(21-28)41(17-12-18-47-10)34(45)38(8,9)49-30/h15-16,21,24-27,31H,12-14,17-20,22-23H2,1-11H3,(H,39,43)/t25-,26+,31+/m0/s1. The minimum atomic E-state index is -1.04. The molecule has 3 aliphatic rings. The van der Waals surface area contributed by atoms with Gasteiger partial charge < -0.3 is 39.0 Å². The summed E-state index contributed by atoms with van der Waals surface area (Å²) < 4.78 is 22.9. The van der Waals surface area contributed by atoms with Crippen LogP contribution in [0, 0.1) is 17.8 Å². The smallest absolute Gasteiger partial charge is 0.410 e. The number of hydrogen-bond acceptors (Lipinski definition) is 8. The van der Waals surface area contributed by atoms with Gasteiger partial charge in [-0.2, -0.15) is 0 Å². The van der Waals surface area contributed by atoms with E-state index < -0.39 is 34.7 Å². The number of piperidine rings is 1. The number of carbonyl (C=O) groups excluding carboxylic acids is 4. The Bertz CT molecular complexity index is 1400. The zero-order valence-corrected chi connectivity index (χ0v) is 32.1. The molecule has 0 radical (unpaired) electrons. The molecule has 0 unspecified atom stereocenters. The summed E-state index contributed by atoms with van der Waals surface area (Å²) in [6, 6.07) is 5.23. The molecular weight excluding hydrogens is 640 g/mol. The first-order valence-electron chi connectivity index (χ1n) is 18.1. The molecule has 1 N–H and O–H groups in total. The predicted octanol–water partition coefficient (Wildman–Crippen LogP) is 5.55. The van der Waals surface area contributed by atoms with Gasteiger partial charge in [0.25, 0.3) is 5.91 Å². The lowest BCUT2D eigenvalue weighted by molar-refractivity contribution is -0.133. The van der Waals surface area contributed by atoms with Crippen molar-refractivity contribution in [2.45, 2.75) is 123 Å². The fraction of sp³-hybridized carbons (Fsp3) is 0.737. The topological polar surface area (TPSA) is 127 Å². The summed E-state index contributed by atoms with van der Waals surface area (Å²) in [5.74, 6) is -0.963. The highest BCUT2D eigenvalue weighted by atomic mass is 16.6. The Morgan fingerprint density at radius 2 is 1.72 bits per heavy atom. The highest BCUT2D eigenvalue weighted by Crippen LogP contribution is 2.43. The van der Waals surface area contributed by atoms with Gasteiger partial charge >= 0.3 is 6.09 Å². The molecular formula is C38H60N4O8. The highest BCUT2D eigenvalue weighted by Gasteiger charge is 2.46. The fourth-order valence-corrected chi connectivity index (χ4v) is 6.71. The van der Waals surface area contributed by atoms with E-state index >= 15 is 0 Å². The summed E-state index contributed by atoms with van der Waals surface area (Å²) in [6.07, 6.45) is 2.73. The van der Waals surface area contributed by atoms with Gasteiger partial charge in [-0.05, 0) is 105 Å². The molecule has 0 bridgehead atoms. The second-order valence-corrected chi connectivity index (χ2v) is 16.5. The van der Waals surface area contributed by atoms with Crippen LogP contribution in [0.5, 0.6) is 5.75 Å². The van der Waals surface area contributed by atoms with Gasteiger partial charge in [-0.25, -0.2) is 4.79 Å². The van der Waals surface area contributed by atoms with Crippen molar-refractivity contribution in [3.8, 4) is 5.75 Å². The first-order valence-corrected chi connectivity index (χ1v) is 18.1. The maximum absolute atomic E-state index is 14.7. The maximum Gasteiger partial charge on any atom is 0.410 e. The summed E-state index contributed by atoms with van der Waals surface area (Å²) in [7, 11) is 3.26. The summed E-state index contributed by atoms with van der Waals surface area (Å²) >= 11 is 0. The van der Waals surface area contributed by atoms with E-state index in [1.807, 2.05) is 32.0 Å². The summed E-state index contributed by atoms with van der Waals surface area (Å²) in [5.41, 5.74) is -1.15. The second-order valence-electron chi connectivity index (χ2n) is 16.5. The molecule has 4 rings (SSSR count). The van der Waals surface area contributed by atoms with E-state index in [4.69, 9.17) is 18.9 Å². The van der Waals surface area contributed by atoms with Gasteiger partial charge in [0.1, 0.15) is 11.4 Å². The minimum Gasteiger partial charge on any atom is -0.476 e. The maximum atomic E-state index is 14.7. The van der Waals surface area contributed by atoms with Crippen LogP contribution in [0.2, 0.25) is 0 Å². The van der Waals surface area contributed by atoms with Gasteiger partial charge in [0.15, 0.2) is 5.60 Å². The van der Waals surface area contributed by atoms with Crippen molar-refractivity contribution in [3.63, 3.8) is 0 Å². The number of hydrogen-bond donors (Lipinski definition) is 1. The lowest BCUT2D eigenvalue weighted by Gasteiger charge is -2.41. The Kier molecular flexibility index (Phi) is 12.2. The minimum absolute atomic E-state index is 0.0266. The van der Waals surface area contributed by atoms with Crippen LogP contribution >= 0.6 is 0 Å². The van der Waals surface area contributed by atoms with Crippen molar-refractivity contribution < 1.29 is 38.1 Å². The van der Waals surface area contributed by atoms with Crippen LogP contribution in [0.15, 0.2) is 18.2 Å². The molecule has 3 atom stereocenters. The Hall–Kier alpha value is -3.38. The number of ether oxygens (including phenoxy) is 4. The van der Waals surface area contributed by atoms with Crippen LogP contribution in [0.3, 0.4) is 0 Å². The fourth-order valence-electron chi connectivity index (χ4n) is 6.71. The average Bonchev–Trinajstić information content (AvgIpc) is 3.86. The molecule has 12 nitrogen and oxygen atoms in total. The number of rotatable bonds is 13. The number of benzene rings is 1. The van der Waals surface area contributed by atoms with Gasteiger partial charge in [0.05, 0.1) is 29.2 Å². The van der Waals surface area contributed by atoms with Crippen molar-refractivity contribution >= 4 is 35.2 Å². The molecule has 1 saturated heterocycles. The molecule has 1 aliphatic carbocycles. The third-order valence-electron chi connectivity index (χ3n) is 9.73. The van der Waals surface area contributed by atoms with Gasteiger partial charge in [0.2, 0.25) is 11.8 Å². The molecule has 280 valence electrons. The number of amides is 4. The molecule has 2 aliphatic heterocycles. The molecule has 50 heavy (non-hydrogen) atoms. The number of methoxy groups -OCH3 is 2. The average molecular weight is 701 g/mol. The van der Waals surface area contributed by atoms with Gasteiger partial charge in [-0.15, -0.1) is 0 Å². The monoisotopic (exact) mass is 700 g/mol. The van der Waals surface area contributed by atoms with Crippen molar-refractivity contribution in [3.05, 3.63) is 18.2 Å². The predicted molar refractivity (Wildman–Crippen MR) is 192 cm³/mol. The van der Waals surface area contributed by atoms with Crippen LogP contribution in [0.4, 0.5) is 16.2 Å². The number of nitrogens with one attached hydrogen (secondary N) is 1. The van der Waals surface area contributed by atoms with Crippen molar-refractivity contribution in [2.24, 2.45) is 17.8 Å². The zero-order chi connectivity index (χ0) is 37.2. The Labute approximate surface area is 298 Å². The molecule has 0 aromatic heterocycles. The van der Waals surface area contributed by atoms with E-state index in [1.54, 1.807) is 58.6 Å². The van der Waals surface area contributed by atoms with Crippen molar-refractivity contribution in [2.75, 3.05) is 50.3 Å². The van der Waals surface area contributed by atoms with E-state index in [-0.39, 0.29) is 49.3 Å². The molecule has 0 spiro atoms. The molecule has 4 amide bonds. The number of nitrogens with zero attached hydrogens (tertiary/aromatic N) is 3. The van der Waals surface area contributed by atoms with E-state index in [0.717, 1.165) is 12.8 Å². The van der Waals surface area contributed by atoms with E-state index in [2.05, 4.69) is 19.2 Å². The number of carbonyl (C=O) groups is 4. The Morgan fingerprint density at radius 3 is 2.30 bits per heavy atom. The van der Waals surface area contributed by atoms with Crippen LogP contribution < -0.4 is 19.9 Å². The quantitative estimate of drug-likeness (QED) is 0.266. The Morgan fingerprint density at radius 1 is 1.06 bits per heavy atom. The van der Waals surface area contributed by atoms with Gasteiger partial charge in [-0.3, -0.25) is 14.4 Å². The van der Waals surface area contributed by atoms with Gasteiger partial charge in [-0.1, -0.05) is 13.8 Å². The number of fused-ring (bicyclic) bond motifs is 1. The molecule has 1 aromatic rings. The van der Waals surface area contributed by atoms with Crippen molar-refractivity contribution in [1.29, 1.82) is 0 Å². The van der Waals surface area contributed by atoms with E-state index in [1.165, 1.54) is 4.90 Å². The molecule has 12 heteroatoms. The summed E-state index contributed by atoms with van der Waals surface area (Å²) in [5, 5.41) is 3.22. The van der Waals surface area contributed by atoms with Crippen LogP contribution in [0.25, 0.3) is 0 Å². The van der Waals surface area contributed by atoms with Crippen molar-refractivity contribution in [1.82, 2.24) is 10.2 Å².